The van der Waals surface area contributed by atoms with E-state index in [0.717, 1.165) is 37.0 Å². The highest BCUT2D eigenvalue weighted by Gasteiger charge is 2.23. The fourth-order valence-corrected chi connectivity index (χ4v) is 7.70. The topological polar surface area (TPSA) is 120 Å². The summed E-state index contributed by atoms with van der Waals surface area (Å²) in [5, 5.41) is 0. The molecule has 0 aromatic heterocycles. The molecule has 1 unspecified atom stereocenters. The van der Waals surface area contributed by atoms with Crippen LogP contribution in [0.4, 0.5) is 0 Å². The van der Waals surface area contributed by atoms with Gasteiger partial charge in [0.25, 0.3) is 7.82 Å². The van der Waals surface area contributed by atoms with Gasteiger partial charge in [0.1, 0.15) is 38.2 Å². The average molecular weight is 866 g/mol. The van der Waals surface area contributed by atoms with E-state index in [4.69, 9.17) is 23.3 Å². The maximum Gasteiger partial charge on any atom is 0.330 e. The first-order valence-corrected chi connectivity index (χ1v) is 25.6. The lowest BCUT2D eigenvalue weighted by atomic mass is 10.0. The van der Waals surface area contributed by atoms with Gasteiger partial charge in [-0.1, -0.05) is 187 Å². The minimum absolute atomic E-state index is 0.0817. The molecule has 0 saturated heterocycles. The van der Waals surface area contributed by atoms with Crippen molar-refractivity contribution < 1.29 is 46.8 Å². The number of hydrogen-bond donors (Lipinski definition) is 0. The van der Waals surface area contributed by atoms with Crippen molar-refractivity contribution in [1.82, 2.24) is 0 Å². The van der Waals surface area contributed by atoms with Gasteiger partial charge in [-0.05, 0) is 36.6 Å². The van der Waals surface area contributed by atoms with Crippen LogP contribution in [0, 0.1) is 0 Å². The molecule has 0 saturated carbocycles. The predicted molar refractivity (Wildman–Crippen MR) is 245 cm³/mol. The molecule has 0 bridgehead atoms. The lowest BCUT2D eigenvalue weighted by Crippen LogP contribution is -2.38. The molecule has 0 amide bonds. The number of rotatable bonds is 42. The van der Waals surface area contributed by atoms with Crippen molar-refractivity contribution >= 4 is 25.8 Å². The molecule has 0 fully saturated rings. The molecule has 2 atom stereocenters. The minimum Gasteiger partial charge on any atom is -0.756 e. The Bertz CT molecular complexity index is 1250. The smallest absolute Gasteiger partial charge is 0.330 e. The van der Waals surface area contributed by atoms with E-state index in [1.165, 1.54) is 147 Å². The normalized spacial score (nSPS) is 13.4. The van der Waals surface area contributed by atoms with Crippen molar-refractivity contribution in [1.29, 1.82) is 0 Å². The van der Waals surface area contributed by atoms with E-state index >= 15 is 0 Å². The van der Waals surface area contributed by atoms with Crippen LogP contribution in [0.15, 0.2) is 30.3 Å². The lowest BCUT2D eigenvalue weighted by molar-refractivity contribution is -0.870. The SMILES string of the molecule is CCCCCCCCCCCCCCCCOc1ccc(/C=C/C(=O)OC[C@@H](COC(=O)CCCCCCCCCCCCCCC)OP(=O)([O-])OCC[N+](C)(C)C)cc1. The summed E-state index contributed by atoms with van der Waals surface area (Å²) in [7, 11) is 0.968. The van der Waals surface area contributed by atoms with Crippen LogP contribution >= 0.6 is 7.82 Å². The van der Waals surface area contributed by atoms with Crippen molar-refractivity contribution in [3.63, 3.8) is 0 Å². The van der Waals surface area contributed by atoms with Gasteiger partial charge in [0, 0.05) is 12.5 Å². The van der Waals surface area contributed by atoms with Crippen LogP contribution in [0.25, 0.3) is 6.08 Å². The summed E-state index contributed by atoms with van der Waals surface area (Å²) in [5.41, 5.74) is 0.778. The summed E-state index contributed by atoms with van der Waals surface area (Å²) < 4.78 is 40.0. The van der Waals surface area contributed by atoms with E-state index in [0.29, 0.717) is 24.1 Å². The highest BCUT2D eigenvalue weighted by molar-refractivity contribution is 7.45. The lowest BCUT2D eigenvalue weighted by Gasteiger charge is -2.29. The van der Waals surface area contributed by atoms with E-state index in [1.54, 1.807) is 6.08 Å². The second-order valence-electron chi connectivity index (χ2n) is 17.7. The summed E-state index contributed by atoms with van der Waals surface area (Å²) >= 11 is 0. The van der Waals surface area contributed by atoms with Crippen molar-refractivity contribution in [2.75, 3.05) is 54.1 Å². The molecule has 0 aliphatic carbocycles. The van der Waals surface area contributed by atoms with Crippen molar-refractivity contribution in [2.24, 2.45) is 0 Å². The zero-order chi connectivity index (χ0) is 44.0. The number of esters is 2. The number of hydrogen-bond acceptors (Lipinski definition) is 9. The molecule has 0 aliphatic heterocycles. The monoisotopic (exact) mass is 866 g/mol. The van der Waals surface area contributed by atoms with Gasteiger partial charge in [0.05, 0.1) is 27.7 Å². The first kappa shape index (κ1) is 55.8. The van der Waals surface area contributed by atoms with E-state index in [9.17, 15) is 19.0 Å². The summed E-state index contributed by atoms with van der Waals surface area (Å²) in [5.74, 6) is -0.359. The molecule has 0 N–H and O–H groups in total. The highest BCUT2D eigenvalue weighted by atomic mass is 31.2. The third-order valence-corrected chi connectivity index (χ3v) is 11.7. The number of benzene rings is 1. The van der Waals surface area contributed by atoms with Crippen LogP contribution in [0.5, 0.6) is 5.75 Å². The predicted octanol–water partition coefficient (Wildman–Crippen LogP) is 12.7. The van der Waals surface area contributed by atoms with Gasteiger partial charge in [-0.25, -0.2) is 4.79 Å². The Morgan fingerprint density at radius 2 is 1.05 bits per heavy atom. The Morgan fingerprint density at radius 3 is 1.52 bits per heavy atom. The molecule has 1 aromatic rings. The van der Waals surface area contributed by atoms with E-state index in [1.807, 2.05) is 45.4 Å². The molecular weight excluding hydrogens is 778 g/mol. The van der Waals surface area contributed by atoms with Crippen LogP contribution in [-0.4, -0.2) is 76.6 Å². The van der Waals surface area contributed by atoms with Crippen molar-refractivity contribution in [3.05, 3.63) is 35.9 Å². The number of phosphoric ester groups is 1. The van der Waals surface area contributed by atoms with Gasteiger partial charge in [-0.15, -0.1) is 0 Å². The molecule has 0 aliphatic rings. The van der Waals surface area contributed by atoms with Crippen LogP contribution in [-0.2, 0) is 32.7 Å². The van der Waals surface area contributed by atoms with E-state index < -0.39 is 32.5 Å². The minimum atomic E-state index is -4.77. The van der Waals surface area contributed by atoms with Crippen LogP contribution in [0.3, 0.4) is 0 Å². The molecule has 11 heteroatoms. The van der Waals surface area contributed by atoms with Crippen LogP contribution in [0.2, 0.25) is 0 Å². The van der Waals surface area contributed by atoms with E-state index in [-0.39, 0.29) is 19.6 Å². The summed E-state index contributed by atoms with van der Waals surface area (Å²) in [6.45, 7) is 4.71. The van der Waals surface area contributed by atoms with Gasteiger partial charge in [0.15, 0.2) is 0 Å². The maximum atomic E-state index is 12.6. The maximum absolute atomic E-state index is 12.6. The van der Waals surface area contributed by atoms with Gasteiger partial charge in [-0.2, -0.15) is 0 Å². The number of likely N-dealkylation sites (N-methyl/N-ethyl adjacent to an activating group) is 1. The Labute approximate surface area is 367 Å². The molecule has 1 rings (SSSR count). The molecule has 0 heterocycles. The number of ether oxygens (including phenoxy) is 3. The zero-order valence-electron chi connectivity index (χ0n) is 38.9. The van der Waals surface area contributed by atoms with E-state index in [2.05, 4.69) is 13.8 Å². The average Bonchev–Trinajstić information content (AvgIpc) is 3.21. The number of carbonyl (C=O) groups is 2. The summed E-state index contributed by atoms with van der Waals surface area (Å²) in [6, 6.07) is 7.45. The molecule has 0 spiro atoms. The second kappa shape index (κ2) is 37.3. The van der Waals surface area contributed by atoms with Gasteiger partial charge < -0.3 is 32.6 Å². The third-order valence-electron chi connectivity index (χ3n) is 10.7. The van der Waals surface area contributed by atoms with Gasteiger partial charge in [0.2, 0.25) is 0 Å². The highest BCUT2D eigenvalue weighted by Crippen LogP contribution is 2.40. The fourth-order valence-electron chi connectivity index (χ4n) is 6.84. The van der Waals surface area contributed by atoms with Crippen molar-refractivity contribution in [2.45, 2.75) is 200 Å². The number of unbranched alkanes of at least 4 members (excludes halogenated alkanes) is 25. The molecule has 1 aromatic carbocycles. The first-order valence-electron chi connectivity index (χ1n) is 24.1. The number of quaternary nitrogens is 1. The Morgan fingerprint density at radius 1 is 0.617 bits per heavy atom. The first-order chi connectivity index (χ1) is 28.9. The van der Waals surface area contributed by atoms with Crippen LogP contribution < -0.4 is 9.63 Å². The standard InChI is InChI=1S/C49H88NO9P/c1-6-8-10-12-14-16-18-20-22-24-26-28-30-32-41-55-46-37-34-45(35-38-46)36-39-49(52)57-44-47(59-60(53,54)58-42-40-50(3,4)5)43-56-48(51)33-31-29-27-25-23-21-19-17-15-13-11-9-7-2/h34-39,47H,6-33,40-44H2,1-5H3/b39-36+/t47-/m1/s1. The second-order valence-corrected chi connectivity index (χ2v) is 19.0. The summed E-state index contributed by atoms with van der Waals surface area (Å²) in [6.07, 6.45) is 36.0. The molecule has 60 heavy (non-hydrogen) atoms. The van der Waals surface area contributed by atoms with Crippen molar-refractivity contribution in [3.8, 4) is 5.75 Å². The Kier molecular flexibility index (Phi) is 34.7. The molecule has 348 valence electrons. The van der Waals surface area contributed by atoms with Gasteiger partial charge >= 0.3 is 11.9 Å². The largest absolute Gasteiger partial charge is 0.756 e. The fraction of sp³-hybridized carbons (Fsp3) is 0.796. The molecule has 0 radical (unpaired) electrons. The van der Waals surface area contributed by atoms with Gasteiger partial charge in [-0.3, -0.25) is 9.36 Å². The number of carbonyl (C=O) groups excluding carboxylic acids is 2. The van der Waals surface area contributed by atoms with Crippen LogP contribution in [0.1, 0.15) is 199 Å². The molecule has 10 nitrogen and oxygen atoms in total. The quantitative estimate of drug-likeness (QED) is 0.0208. The zero-order valence-corrected chi connectivity index (χ0v) is 39.8. The Balaban J connectivity index is 2.38. The number of nitrogens with zero attached hydrogens (tertiary/aromatic N) is 1. The summed E-state index contributed by atoms with van der Waals surface area (Å²) in [4.78, 5) is 37.8. The Hall–Kier alpha value is -2.23. The third kappa shape index (κ3) is 36.4. The molecular formula is C49H88NO9P. The number of phosphoric acid groups is 1.